The Labute approximate surface area is 126 Å². The minimum atomic E-state index is -1.14. The Morgan fingerprint density at radius 3 is 2.86 bits per heavy atom. The van der Waals surface area contributed by atoms with E-state index in [2.05, 4.69) is 10.3 Å². The molecule has 0 saturated heterocycles. The summed E-state index contributed by atoms with van der Waals surface area (Å²) in [6.45, 7) is 4.41. The fourth-order valence-corrected chi connectivity index (χ4v) is 3.01. The van der Waals surface area contributed by atoms with Crippen LogP contribution in [0.3, 0.4) is 0 Å². The van der Waals surface area contributed by atoms with E-state index >= 15 is 0 Å². The summed E-state index contributed by atoms with van der Waals surface area (Å²) in [6.07, 6.45) is 5.26. The summed E-state index contributed by atoms with van der Waals surface area (Å²) in [7, 11) is -1.14. The van der Waals surface area contributed by atoms with Gasteiger partial charge in [-0.2, -0.15) is 0 Å². The van der Waals surface area contributed by atoms with Gasteiger partial charge in [0.2, 0.25) is 0 Å². The molecule has 2 atom stereocenters. The number of nitrogens with zero attached hydrogens (tertiary/aromatic N) is 2. The topological polar surface area (TPSA) is 64.0 Å². The van der Waals surface area contributed by atoms with Crippen LogP contribution in [0.2, 0.25) is 0 Å². The molecule has 0 saturated carbocycles. The number of carbonyl (C=O) groups is 1. The standard InChI is InChI=1S/C15H19N3O2S/c1-3-21(20)14-7-5-4-6-13(14)15(19)17-12(2)10-18-9-8-16-11-18/h4-9,11-12H,3,10H2,1-2H3,(H,17,19). The minimum Gasteiger partial charge on any atom is -0.348 e. The van der Waals surface area contributed by atoms with Gasteiger partial charge in [-0.05, 0) is 19.1 Å². The number of hydrogen-bond acceptors (Lipinski definition) is 3. The zero-order valence-corrected chi connectivity index (χ0v) is 13.0. The van der Waals surface area contributed by atoms with E-state index in [0.29, 0.717) is 22.8 Å². The lowest BCUT2D eigenvalue weighted by atomic mass is 10.2. The van der Waals surface area contributed by atoms with Crippen LogP contribution < -0.4 is 5.32 Å². The van der Waals surface area contributed by atoms with Crippen molar-refractivity contribution in [3.05, 3.63) is 48.5 Å². The quantitative estimate of drug-likeness (QED) is 0.885. The van der Waals surface area contributed by atoms with Crippen LogP contribution in [0.25, 0.3) is 0 Å². The van der Waals surface area contributed by atoms with Gasteiger partial charge in [-0.15, -0.1) is 0 Å². The molecule has 112 valence electrons. The summed E-state index contributed by atoms with van der Waals surface area (Å²) in [5.41, 5.74) is 0.482. The van der Waals surface area contributed by atoms with Crippen molar-refractivity contribution in [2.75, 3.05) is 5.75 Å². The Morgan fingerprint density at radius 2 is 2.19 bits per heavy atom. The molecular formula is C15H19N3O2S. The van der Waals surface area contributed by atoms with E-state index < -0.39 is 10.8 Å². The second kappa shape index (κ2) is 7.17. The third-order valence-electron chi connectivity index (χ3n) is 3.06. The SMILES string of the molecule is CCS(=O)c1ccccc1C(=O)NC(C)Cn1ccnc1. The second-order valence-corrected chi connectivity index (χ2v) is 6.47. The largest absolute Gasteiger partial charge is 0.348 e. The first-order valence-corrected chi connectivity index (χ1v) is 8.17. The van der Waals surface area contributed by atoms with Crippen molar-refractivity contribution in [1.29, 1.82) is 0 Å². The molecular weight excluding hydrogens is 286 g/mol. The van der Waals surface area contributed by atoms with E-state index in [4.69, 9.17) is 0 Å². The molecule has 6 heteroatoms. The molecule has 0 spiro atoms. The first kappa shape index (κ1) is 15.4. The predicted molar refractivity (Wildman–Crippen MR) is 82.5 cm³/mol. The maximum absolute atomic E-state index is 12.4. The number of nitrogens with one attached hydrogen (secondary N) is 1. The Bertz CT molecular complexity index is 626. The number of aromatic nitrogens is 2. The maximum atomic E-state index is 12.4. The van der Waals surface area contributed by atoms with Gasteiger partial charge < -0.3 is 9.88 Å². The van der Waals surface area contributed by atoms with Gasteiger partial charge in [-0.3, -0.25) is 9.00 Å². The van der Waals surface area contributed by atoms with Crippen molar-refractivity contribution in [2.24, 2.45) is 0 Å². The maximum Gasteiger partial charge on any atom is 0.252 e. The highest BCUT2D eigenvalue weighted by molar-refractivity contribution is 7.85. The zero-order chi connectivity index (χ0) is 15.2. The molecule has 2 rings (SSSR count). The summed E-state index contributed by atoms with van der Waals surface area (Å²) >= 11 is 0. The van der Waals surface area contributed by atoms with Crippen LogP contribution in [0.1, 0.15) is 24.2 Å². The molecule has 2 unspecified atom stereocenters. The lowest BCUT2D eigenvalue weighted by Crippen LogP contribution is -2.36. The fraction of sp³-hybridized carbons (Fsp3) is 0.333. The van der Waals surface area contributed by atoms with Gasteiger partial charge in [-0.1, -0.05) is 19.1 Å². The van der Waals surface area contributed by atoms with Crippen LogP contribution in [0, 0.1) is 0 Å². The molecule has 1 N–H and O–H groups in total. The van der Waals surface area contributed by atoms with Gasteiger partial charge in [0.1, 0.15) is 0 Å². The Morgan fingerprint density at radius 1 is 1.43 bits per heavy atom. The van der Waals surface area contributed by atoms with Crippen molar-refractivity contribution in [2.45, 2.75) is 31.3 Å². The van der Waals surface area contributed by atoms with E-state index in [1.54, 1.807) is 36.8 Å². The number of rotatable bonds is 6. The predicted octanol–water partition coefficient (Wildman–Crippen LogP) is 1.83. The molecule has 0 radical (unpaired) electrons. The van der Waals surface area contributed by atoms with Crippen LogP contribution in [-0.2, 0) is 17.3 Å². The first-order valence-electron chi connectivity index (χ1n) is 6.85. The number of benzene rings is 1. The molecule has 0 fully saturated rings. The normalized spacial score (nSPS) is 13.6. The van der Waals surface area contributed by atoms with Crippen molar-refractivity contribution >= 4 is 16.7 Å². The van der Waals surface area contributed by atoms with E-state index in [0.717, 1.165) is 0 Å². The Balaban J connectivity index is 2.08. The number of carbonyl (C=O) groups excluding carboxylic acids is 1. The molecule has 0 bridgehead atoms. The highest BCUT2D eigenvalue weighted by atomic mass is 32.2. The van der Waals surface area contributed by atoms with Crippen LogP contribution >= 0.6 is 0 Å². The monoisotopic (exact) mass is 305 g/mol. The van der Waals surface area contributed by atoms with Crippen molar-refractivity contribution in [3.8, 4) is 0 Å². The summed E-state index contributed by atoms with van der Waals surface area (Å²) in [5, 5.41) is 2.93. The molecule has 1 heterocycles. The zero-order valence-electron chi connectivity index (χ0n) is 12.2. The summed E-state index contributed by atoms with van der Waals surface area (Å²) in [5.74, 6) is 0.300. The molecule has 0 aliphatic rings. The van der Waals surface area contributed by atoms with Crippen LogP contribution in [-0.4, -0.2) is 31.5 Å². The van der Waals surface area contributed by atoms with Crippen molar-refractivity contribution < 1.29 is 9.00 Å². The highest BCUT2D eigenvalue weighted by Gasteiger charge is 2.16. The molecule has 1 aromatic heterocycles. The summed E-state index contributed by atoms with van der Waals surface area (Å²) in [6, 6.07) is 6.99. The minimum absolute atomic E-state index is 0.0465. The molecule has 2 aromatic rings. The molecule has 5 nitrogen and oxygen atoms in total. The Kier molecular flexibility index (Phi) is 5.27. The van der Waals surface area contributed by atoms with Gasteiger partial charge in [-0.25, -0.2) is 4.98 Å². The van der Waals surface area contributed by atoms with E-state index in [-0.39, 0.29) is 11.9 Å². The summed E-state index contributed by atoms with van der Waals surface area (Å²) in [4.78, 5) is 16.9. The number of amides is 1. The third-order valence-corrected chi connectivity index (χ3v) is 4.43. The van der Waals surface area contributed by atoms with Crippen molar-refractivity contribution in [3.63, 3.8) is 0 Å². The van der Waals surface area contributed by atoms with Crippen molar-refractivity contribution in [1.82, 2.24) is 14.9 Å². The van der Waals surface area contributed by atoms with E-state index in [9.17, 15) is 9.00 Å². The number of imidazole rings is 1. The van der Waals surface area contributed by atoms with Gasteiger partial charge >= 0.3 is 0 Å². The van der Waals surface area contributed by atoms with E-state index in [1.165, 1.54) is 0 Å². The third kappa shape index (κ3) is 4.01. The summed E-state index contributed by atoms with van der Waals surface area (Å²) < 4.78 is 13.9. The van der Waals surface area contributed by atoms with Crippen LogP contribution in [0.5, 0.6) is 0 Å². The lowest BCUT2D eigenvalue weighted by molar-refractivity contribution is 0.0933. The smallest absolute Gasteiger partial charge is 0.252 e. The van der Waals surface area contributed by atoms with Crippen LogP contribution in [0.4, 0.5) is 0 Å². The number of hydrogen-bond donors (Lipinski definition) is 1. The van der Waals surface area contributed by atoms with Gasteiger partial charge in [0.25, 0.3) is 5.91 Å². The first-order chi connectivity index (χ1) is 10.1. The highest BCUT2D eigenvalue weighted by Crippen LogP contribution is 2.14. The van der Waals surface area contributed by atoms with Gasteiger partial charge in [0.15, 0.2) is 0 Å². The average Bonchev–Trinajstić information content (AvgIpc) is 2.99. The second-order valence-electron chi connectivity index (χ2n) is 4.76. The van der Waals surface area contributed by atoms with Crippen LogP contribution in [0.15, 0.2) is 47.9 Å². The molecule has 0 aliphatic heterocycles. The molecule has 21 heavy (non-hydrogen) atoms. The fourth-order valence-electron chi connectivity index (χ4n) is 2.07. The molecule has 1 aromatic carbocycles. The van der Waals surface area contributed by atoms with Gasteiger partial charge in [0, 0.05) is 30.7 Å². The van der Waals surface area contributed by atoms with Gasteiger partial charge in [0.05, 0.1) is 27.6 Å². The van der Waals surface area contributed by atoms with E-state index in [1.807, 2.05) is 24.6 Å². The molecule has 1 amide bonds. The molecule has 0 aliphatic carbocycles. The Hall–Kier alpha value is -1.95. The average molecular weight is 305 g/mol. The lowest BCUT2D eigenvalue weighted by Gasteiger charge is -2.15.